The molecule has 0 spiro atoms. The van der Waals surface area contributed by atoms with E-state index in [4.69, 9.17) is 19.6 Å². The van der Waals surface area contributed by atoms with Crippen LogP contribution in [0.15, 0.2) is 52.1 Å². The fourth-order valence-electron chi connectivity index (χ4n) is 4.95. The highest BCUT2D eigenvalue weighted by molar-refractivity contribution is 5.90. The topological polar surface area (TPSA) is 141 Å². The van der Waals surface area contributed by atoms with Gasteiger partial charge in [0, 0.05) is 44.9 Å². The summed E-state index contributed by atoms with van der Waals surface area (Å²) in [6.45, 7) is 1.31. The van der Waals surface area contributed by atoms with Crippen molar-refractivity contribution in [1.29, 1.82) is 5.41 Å². The maximum atomic E-state index is 13.6. The number of aryl methyl sites for hydroxylation is 1. The molecule has 3 aromatic rings. The van der Waals surface area contributed by atoms with Gasteiger partial charge < -0.3 is 39.4 Å². The van der Waals surface area contributed by atoms with Crippen molar-refractivity contribution in [3.8, 4) is 11.5 Å². The zero-order valence-electron chi connectivity index (χ0n) is 21.8. The van der Waals surface area contributed by atoms with E-state index >= 15 is 0 Å². The monoisotopic (exact) mass is 530 g/mol. The van der Waals surface area contributed by atoms with Crippen molar-refractivity contribution < 1.29 is 14.2 Å². The maximum absolute atomic E-state index is 13.6. The van der Waals surface area contributed by atoms with Gasteiger partial charge in [-0.3, -0.25) is 9.79 Å². The summed E-state index contributed by atoms with van der Waals surface area (Å²) in [6, 6.07) is 2.06. The summed E-state index contributed by atoms with van der Waals surface area (Å²) in [5.74, 6) is 1.89. The second-order valence-corrected chi connectivity index (χ2v) is 9.73. The van der Waals surface area contributed by atoms with Crippen LogP contribution < -0.4 is 25.7 Å². The van der Waals surface area contributed by atoms with Crippen molar-refractivity contribution >= 4 is 35.2 Å². The van der Waals surface area contributed by atoms with Crippen LogP contribution in [0.4, 0.5) is 11.6 Å². The Kier molecular flexibility index (Phi) is 6.61. The Morgan fingerprint density at radius 3 is 2.79 bits per heavy atom. The molecule has 6 rings (SSSR count). The second-order valence-electron chi connectivity index (χ2n) is 9.73. The molecule has 2 fully saturated rings. The van der Waals surface area contributed by atoms with Gasteiger partial charge in [-0.25, -0.2) is 4.98 Å². The van der Waals surface area contributed by atoms with Crippen molar-refractivity contribution in [2.24, 2.45) is 12.0 Å². The first-order valence-electron chi connectivity index (χ1n) is 12.9. The quantitative estimate of drug-likeness (QED) is 0.297. The lowest BCUT2D eigenvalue weighted by molar-refractivity contribution is 0.0686. The first kappa shape index (κ1) is 24.9. The molecule has 0 radical (unpaired) electrons. The van der Waals surface area contributed by atoms with Crippen LogP contribution in [-0.2, 0) is 11.8 Å². The minimum atomic E-state index is -0.0831. The number of nitrogens with zero attached hydrogens (tertiary/aromatic N) is 5. The number of ether oxygens (including phenoxy) is 3. The Balaban J connectivity index is 1.37. The largest absolute Gasteiger partial charge is 0.491 e. The lowest BCUT2D eigenvalue weighted by Gasteiger charge is -2.25. The number of aliphatic imine (C=N–C) groups is 1. The van der Waals surface area contributed by atoms with Gasteiger partial charge in [0.15, 0.2) is 22.9 Å². The van der Waals surface area contributed by atoms with Crippen LogP contribution in [0.25, 0.3) is 11.2 Å². The van der Waals surface area contributed by atoms with Gasteiger partial charge >= 0.3 is 0 Å². The van der Waals surface area contributed by atoms with E-state index in [1.807, 2.05) is 23.9 Å². The average Bonchev–Trinajstić information content (AvgIpc) is 3.78. The van der Waals surface area contributed by atoms with Crippen LogP contribution in [0.1, 0.15) is 43.2 Å². The van der Waals surface area contributed by atoms with E-state index in [2.05, 4.69) is 25.6 Å². The summed E-state index contributed by atoms with van der Waals surface area (Å²) in [6.07, 6.45) is 13.3. The molecule has 202 valence electrons. The van der Waals surface area contributed by atoms with Gasteiger partial charge in [0.1, 0.15) is 16.9 Å². The third-order valence-electron chi connectivity index (χ3n) is 7.19. The Morgan fingerprint density at radius 2 is 2.10 bits per heavy atom. The molecule has 1 aliphatic carbocycles. The standard InChI is InChI=1S/C27H30N8O4/c1-34-23-24(37-2)22(39-21(12-28)20-13-29-7-8-30-20)14-31-25(23)33-27(34)32-19-11-17(16-3-4-16)15-35(26(19)36)18-5-9-38-10-6-18/h7-8,11-16,18,28,30H,3-6,9-10H2,1-2H3,(H,31,32,33)/b21-20+,28-12?. The van der Waals surface area contributed by atoms with E-state index in [1.54, 1.807) is 23.2 Å². The molecule has 0 aromatic carbocycles. The average molecular weight is 531 g/mol. The fraction of sp³-hybridized carbons (Fsp3) is 0.370. The Morgan fingerprint density at radius 1 is 1.28 bits per heavy atom. The number of allylic oxidation sites excluding steroid dienone is 2. The third-order valence-corrected chi connectivity index (χ3v) is 7.19. The smallest absolute Gasteiger partial charge is 0.274 e. The number of hydrogen-bond acceptors (Lipinski definition) is 10. The van der Waals surface area contributed by atoms with Gasteiger partial charge in [-0.15, -0.1) is 0 Å². The molecule has 12 heteroatoms. The Hall–Kier alpha value is -4.45. The first-order valence-corrected chi connectivity index (χ1v) is 12.9. The molecule has 3 N–H and O–H groups in total. The van der Waals surface area contributed by atoms with Crippen LogP contribution in [0, 0.1) is 5.41 Å². The summed E-state index contributed by atoms with van der Waals surface area (Å²) < 4.78 is 20.9. The second kappa shape index (κ2) is 10.4. The molecule has 2 aliphatic heterocycles. The zero-order valence-corrected chi connectivity index (χ0v) is 21.8. The van der Waals surface area contributed by atoms with Crippen LogP contribution >= 0.6 is 0 Å². The third kappa shape index (κ3) is 4.78. The Bertz CT molecular complexity index is 1570. The van der Waals surface area contributed by atoms with Gasteiger partial charge in [0.25, 0.3) is 5.56 Å². The lowest BCUT2D eigenvalue weighted by atomic mass is 10.1. The van der Waals surface area contributed by atoms with E-state index in [1.165, 1.54) is 13.3 Å². The highest BCUT2D eigenvalue weighted by atomic mass is 16.5. The molecule has 12 nitrogen and oxygen atoms in total. The molecule has 3 aromatic heterocycles. The molecule has 1 saturated heterocycles. The number of pyridine rings is 2. The molecule has 39 heavy (non-hydrogen) atoms. The fourth-order valence-corrected chi connectivity index (χ4v) is 4.95. The molecular weight excluding hydrogens is 500 g/mol. The molecule has 0 atom stereocenters. The van der Waals surface area contributed by atoms with Crippen molar-refractivity contribution in [2.75, 3.05) is 25.6 Å². The van der Waals surface area contributed by atoms with Gasteiger partial charge in [-0.1, -0.05) is 0 Å². The van der Waals surface area contributed by atoms with E-state index in [0.29, 0.717) is 59.1 Å². The van der Waals surface area contributed by atoms with E-state index < -0.39 is 0 Å². The summed E-state index contributed by atoms with van der Waals surface area (Å²) in [5.41, 5.74) is 3.09. The van der Waals surface area contributed by atoms with Gasteiger partial charge in [0.05, 0.1) is 25.7 Å². The zero-order chi connectivity index (χ0) is 26.9. The van der Waals surface area contributed by atoms with Gasteiger partial charge in [-0.2, -0.15) is 4.98 Å². The molecule has 3 aliphatic rings. The SMILES string of the molecule is COc1c(O/C(C=N)=C2\C=NC=CN2)cnc2nc(Nc3cc(C4CC4)cn(C4CCOCC4)c3=O)n(C)c12. The van der Waals surface area contributed by atoms with E-state index in [9.17, 15) is 4.79 Å². The predicted molar refractivity (Wildman–Crippen MR) is 147 cm³/mol. The van der Waals surface area contributed by atoms with E-state index in [0.717, 1.165) is 37.5 Å². The number of rotatable bonds is 8. The molecule has 5 heterocycles. The summed E-state index contributed by atoms with van der Waals surface area (Å²) in [7, 11) is 3.36. The number of imidazole rings is 1. The summed E-state index contributed by atoms with van der Waals surface area (Å²) >= 11 is 0. The number of fused-ring (bicyclic) bond motifs is 1. The Labute approximate surface area is 224 Å². The molecular formula is C27H30N8O4. The highest BCUT2D eigenvalue weighted by Gasteiger charge is 2.28. The van der Waals surface area contributed by atoms with Gasteiger partial charge in [0.2, 0.25) is 5.95 Å². The molecule has 0 bridgehead atoms. The van der Waals surface area contributed by atoms with Crippen molar-refractivity contribution in [1.82, 2.24) is 24.4 Å². The van der Waals surface area contributed by atoms with Crippen LogP contribution in [-0.4, -0.2) is 51.9 Å². The number of anilines is 2. The first-order chi connectivity index (χ1) is 19.1. The molecule has 1 saturated carbocycles. The van der Waals surface area contributed by atoms with E-state index in [-0.39, 0.29) is 17.4 Å². The summed E-state index contributed by atoms with van der Waals surface area (Å²) in [5, 5.41) is 14.1. The van der Waals surface area contributed by atoms with Crippen molar-refractivity contribution in [3.63, 3.8) is 0 Å². The molecule has 0 unspecified atom stereocenters. The predicted octanol–water partition coefficient (Wildman–Crippen LogP) is 3.50. The van der Waals surface area contributed by atoms with Crippen LogP contribution in [0.2, 0.25) is 0 Å². The highest BCUT2D eigenvalue weighted by Crippen LogP contribution is 2.41. The number of methoxy groups -OCH3 is 1. The number of hydrogen-bond donors (Lipinski definition) is 3. The summed E-state index contributed by atoms with van der Waals surface area (Å²) in [4.78, 5) is 26.8. The minimum absolute atomic E-state index is 0.0831. The number of aromatic nitrogens is 4. The van der Waals surface area contributed by atoms with Crippen molar-refractivity contribution in [2.45, 2.75) is 37.6 Å². The van der Waals surface area contributed by atoms with Crippen molar-refractivity contribution in [3.05, 3.63) is 58.2 Å². The lowest BCUT2D eigenvalue weighted by Crippen LogP contribution is -2.30. The van der Waals surface area contributed by atoms with Gasteiger partial charge in [-0.05, 0) is 43.2 Å². The minimum Gasteiger partial charge on any atom is -0.491 e. The number of nitrogens with one attached hydrogen (secondary N) is 3. The molecule has 0 amide bonds. The normalized spacial score (nSPS) is 18.6. The van der Waals surface area contributed by atoms with Crippen LogP contribution in [0.5, 0.6) is 11.5 Å². The maximum Gasteiger partial charge on any atom is 0.274 e. The van der Waals surface area contributed by atoms with Crippen LogP contribution in [0.3, 0.4) is 0 Å².